The van der Waals surface area contributed by atoms with E-state index in [0.717, 1.165) is 38.5 Å². The monoisotopic (exact) mass is 490 g/mol. The third-order valence-electron chi connectivity index (χ3n) is 6.64. The van der Waals surface area contributed by atoms with Crippen LogP contribution in [0.3, 0.4) is 0 Å². The van der Waals surface area contributed by atoms with Crippen molar-refractivity contribution < 1.29 is 9.59 Å². The molecule has 0 radical (unpaired) electrons. The van der Waals surface area contributed by atoms with Crippen LogP contribution in [0.1, 0.15) is 32.6 Å². The summed E-state index contributed by atoms with van der Waals surface area (Å²) in [6, 6.07) is 21.6. The number of aryl methyl sites for hydroxylation is 3. The van der Waals surface area contributed by atoms with Crippen molar-refractivity contribution in [3.8, 4) is 0 Å². The van der Waals surface area contributed by atoms with Gasteiger partial charge in [-0.2, -0.15) is 0 Å². The average molecular weight is 491 g/mol. The number of H-pyrrole nitrogens is 1. The number of hydrogen-bond acceptors (Lipinski definition) is 2. The highest BCUT2D eigenvalue weighted by atomic mass is 16.2. The van der Waals surface area contributed by atoms with Crippen LogP contribution in [-0.4, -0.2) is 27.9 Å². The van der Waals surface area contributed by atoms with Gasteiger partial charge >= 0.3 is 0 Å². The third kappa shape index (κ3) is 5.19. The topological polar surface area (TPSA) is 78.9 Å². The number of aromatic nitrogens is 2. The maximum absolute atomic E-state index is 13.3. The second-order valence-corrected chi connectivity index (χ2v) is 9.46. The van der Waals surface area contributed by atoms with Crippen LogP contribution >= 0.6 is 0 Å². The van der Waals surface area contributed by atoms with Crippen LogP contribution in [0.15, 0.2) is 84.8 Å². The van der Waals surface area contributed by atoms with Crippen LogP contribution in [0.2, 0.25) is 0 Å². The summed E-state index contributed by atoms with van der Waals surface area (Å²) in [5.74, 6) is -0.654. The molecule has 37 heavy (non-hydrogen) atoms. The van der Waals surface area contributed by atoms with Crippen LogP contribution in [0.5, 0.6) is 0 Å². The number of carbonyl (C=O) groups excluding carboxylic acids is 2. The number of aromatic amines is 1. The van der Waals surface area contributed by atoms with Crippen LogP contribution in [0.4, 0.5) is 0 Å². The highest BCUT2D eigenvalue weighted by molar-refractivity contribution is 6.06. The molecule has 2 amide bonds. The Bertz CT molecular complexity index is 1640. The van der Waals surface area contributed by atoms with Gasteiger partial charge in [0.25, 0.3) is 11.8 Å². The molecule has 5 aromatic rings. The molecule has 0 aliphatic heterocycles. The molecule has 0 atom stereocenters. The number of rotatable bonds is 7. The summed E-state index contributed by atoms with van der Waals surface area (Å²) in [7, 11) is 1.97. The second-order valence-electron chi connectivity index (χ2n) is 9.46. The Hall–Kier alpha value is -4.58. The molecule has 6 nitrogen and oxygen atoms in total. The molecule has 0 aliphatic carbocycles. The molecule has 3 N–H and O–H groups in total. The number of amides is 2. The number of benzene rings is 3. The van der Waals surface area contributed by atoms with Crippen LogP contribution in [0, 0.1) is 13.8 Å². The van der Waals surface area contributed by atoms with Gasteiger partial charge in [-0.05, 0) is 62.2 Å². The van der Waals surface area contributed by atoms with E-state index in [1.165, 1.54) is 5.56 Å². The Morgan fingerprint density at radius 1 is 0.946 bits per heavy atom. The van der Waals surface area contributed by atoms with Crippen molar-refractivity contribution in [1.29, 1.82) is 0 Å². The molecule has 2 heterocycles. The number of carbonyl (C=O) groups is 2. The normalized spacial score (nSPS) is 11.7. The van der Waals surface area contributed by atoms with Crippen molar-refractivity contribution in [3.63, 3.8) is 0 Å². The summed E-state index contributed by atoms with van der Waals surface area (Å²) in [5.41, 5.74) is 7.08. The minimum atomic E-state index is -0.329. The van der Waals surface area contributed by atoms with Gasteiger partial charge in [0.15, 0.2) is 0 Å². The molecule has 0 fully saturated rings. The summed E-state index contributed by atoms with van der Waals surface area (Å²) in [6.45, 7) is 4.47. The zero-order valence-electron chi connectivity index (χ0n) is 21.3. The smallest absolute Gasteiger partial charge is 0.267 e. The van der Waals surface area contributed by atoms with Crippen LogP contribution < -0.4 is 10.6 Å². The summed E-state index contributed by atoms with van der Waals surface area (Å²) in [4.78, 5) is 29.7. The van der Waals surface area contributed by atoms with Crippen molar-refractivity contribution in [1.82, 2.24) is 20.2 Å². The quantitative estimate of drug-likeness (QED) is 0.267. The average Bonchev–Trinajstić information content (AvgIpc) is 3.44. The summed E-state index contributed by atoms with van der Waals surface area (Å²) < 4.78 is 2.01. The summed E-state index contributed by atoms with van der Waals surface area (Å²) in [5, 5.41) is 8.02. The van der Waals surface area contributed by atoms with Gasteiger partial charge in [-0.15, -0.1) is 0 Å². The minimum Gasteiger partial charge on any atom is -0.361 e. The molecule has 0 aliphatic rings. The Kier molecular flexibility index (Phi) is 6.64. The molecule has 2 aromatic heterocycles. The van der Waals surface area contributed by atoms with Crippen molar-refractivity contribution in [2.24, 2.45) is 7.05 Å². The van der Waals surface area contributed by atoms with Crippen molar-refractivity contribution >= 4 is 39.7 Å². The number of fused-ring (bicyclic) bond motifs is 2. The highest BCUT2D eigenvalue weighted by Gasteiger charge is 2.16. The van der Waals surface area contributed by atoms with E-state index in [-0.39, 0.29) is 17.5 Å². The van der Waals surface area contributed by atoms with Gasteiger partial charge in [0, 0.05) is 58.9 Å². The molecular formula is C31H30N4O2. The molecule has 0 bridgehead atoms. The highest BCUT2D eigenvalue weighted by Crippen LogP contribution is 2.23. The first-order chi connectivity index (χ1) is 17.9. The molecule has 3 aromatic carbocycles. The van der Waals surface area contributed by atoms with E-state index in [0.29, 0.717) is 18.5 Å². The lowest BCUT2D eigenvalue weighted by molar-refractivity contribution is -0.117. The largest absolute Gasteiger partial charge is 0.361 e. The predicted octanol–water partition coefficient (Wildman–Crippen LogP) is 5.41. The van der Waals surface area contributed by atoms with Gasteiger partial charge in [-0.1, -0.05) is 47.5 Å². The first-order valence-electron chi connectivity index (χ1n) is 12.4. The van der Waals surface area contributed by atoms with E-state index in [1.807, 2.05) is 67.3 Å². The molecule has 0 spiro atoms. The Balaban J connectivity index is 1.39. The standard InChI is InChI=1S/C31H30N4O2/c1-20-8-11-22(12-9-20)30(36)34-28(17-24-19-35(3)29-7-5-4-6-25(24)29)31(37)32-15-14-23-18-33-27-13-10-21(2)16-26(23)27/h4-13,16-19,33H,14-15H2,1-3H3,(H,32,37)(H,34,36). The first kappa shape index (κ1) is 24.1. The molecule has 186 valence electrons. The van der Waals surface area contributed by atoms with Gasteiger partial charge < -0.3 is 20.2 Å². The van der Waals surface area contributed by atoms with E-state index in [2.05, 4.69) is 40.7 Å². The van der Waals surface area contributed by atoms with E-state index < -0.39 is 0 Å². The lowest BCUT2D eigenvalue weighted by Gasteiger charge is -2.11. The molecule has 6 heteroatoms. The van der Waals surface area contributed by atoms with Crippen LogP contribution in [-0.2, 0) is 18.3 Å². The Labute approximate surface area is 216 Å². The number of nitrogens with zero attached hydrogens (tertiary/aromatic N) is 1. The van der Waals surface area contributed by atoms with Gasteiger partial charge in [0.05, 0.1) is 0 Å². The minimum absolute atomic E-state index is 0.205. The van der Waals surface area contributed by atoms with E-state index in [1.54, 1.807) is 18.2 Å². The van der Waals surface area contributed by atoms with Crippen molar-refractivity contribution in [2.75, 3.05) is 6.54 Å². The maximum Gasteiger partial charge on any atom is 0.267 e. The molecule has 0 saturated carbocycles. The van der Waals surface area contributed by atoms with Gasteiger partial charge in [-0.3, -0.25) is 9.59 Å². The van der Waals surface area contributed by atoms with E-state index >= 15 is 0 Å². The second kappa shape index (κ2) is 10.2. The van der Waals surface area contributed by atoms with Gasteiger partial charge in [0.1, 0.15) is 5.70 Å². The van der Waals surface area contributed by atoms with E-state index in [4.69, 9.17) is 0 Å². The fourth-order valence-electron chi connectivity index (χ4n) is 4.61. The lowest BCUT2D eigenvalue weighted by Crippen LogP contribution is -2.35. The van der Waals surface area contributed by atoms with Gasteiger partial charge in [-0.25, -0.2) is 0 Å². The number of hydrogen-bond donors (Lipinski definition) is 3. The number of nitrogens with one attached hydrogen (secondary N) is 3. The molecule has 5 rings (SSSR count). The predicted molar refractivity (Wildman–Crippen MR) is 149 cm³/mol. The SMILES string of the molecule is Cc1ccc(C(=O)NC(=Cc2cn(C)c3ccccc23)C(=O)NCCc2c[nH]c3ccc(C)cc23)cc1. The molecular weight excluding hydrogens is 460 g/mol. The summed E-state index contributed by atoms with van der Waals surface area (Å²) >= 11 is 0. The first-order valence-corrected chi connectivity index (χ1v) is 12.4. The lowest BCUT2D eigenvalue weighted by atomic mass is 10.1. The van der Waals surface area contributed by atoms with Crippen LogP contribution in [0.25, 0.3) is 27.9 Å². The fourth-order valence-corrected chi connectivity index (χ4v) is 4.61. The molecule has 0 unspecified atom stereocenters. The number of para-hydroxylation sites is 1. The Morgan fingerprint density at radius 2 is 1.70 bits per heavy atom. The fraction of sp³-hybridized carbons (Fsp3) is 0.161. The maximum atomic E-state index is 13.3. The molecule has 0 saturated heterocycles. The van der Waals surface area contributed by atoms with Crippen molar-refractivity contribution in [3.05, 3.63) is 113 Å². The third-order valence-corrected chi connectivity index (χ3v) is 6.64. The summed E-state index contributed by atoms with van der Waals surface area (Å²) in [6.07, 6.45) is 6.37. The zero-order valence-corrected chi connectivity index (χ0v) is 21.3. The van der Waals surface area contributed by atoms with E-state index in [9.17, 15) is 9.59 Å². The Morgan fingerprint density at radius 3 is 2.51 bits per heavy atom. The van der Waals surface area contributed by atoms with Gasteiger partial charge in [0.2, 0.25) is 0 Å². The zero-order chi connectivity index (χ0) is 25.9. The van der Waals surface area contributed by atoms with Crippen molar-refractivity contribution in [2.45, 2.75) is 20.3 Å².